The molecule has 8 rings (SSSR count). The SMILES string of the molecule is Cc1c(Cl)cccc1N=CC12c3ccccc3C(c3ccccc31)[C@H]1C(=O)N(c3ccccc3[N+](=O)[O-])C(=O)[C@H]12. The van der Waals surface area contributed by atoms with Gasteiger partial charge in [-0.1, -0.05) is 78.3 Å². The van der Waals surface area contributed by atoms with Crippen molar-refractivity contribution in [1.82, 2.24) is 0 Å². The van der Waals surface area contributed by atoms with Gasteiger partial charge in [0.15, 0.2) is 0 Å². The number of para-hydroxylation sites is 2. The van der Waals surface area contributed by atoms with Crippen molar-refractivity contribution in [1.29, 1.82) is 0 Å². The molecule has 0 aromatic heterocycles. The summed E-state index contributed by atoms with van der Waals surface area (Å²) in [5.74, 6) is -2.85. The summed E-state index contributed by atoms with van der Waals surface area (Å²) in [7, 11) is 0. The van der Waals surface area contributed by atoms with Crippen LogP contribution in [0.4, 0.5) is 17.1 Å². The van der Waals surface area contributed by atoms with Gasteiger partial charge >= 0.3 is 0 Å². The molecule has 0 unspecified atom stereocenters. The number of nitro groups is 1. The van der Waals surface area contributed by atoms with Gasteiger partial charge in [-0.3, -0.25) is 24.7 Å². The Morgan fingerprint density at radius 3 is 2.17 bits per heavy atom. The second-order valence-electron chi connectivity index (χ2n) is 10.4. The fraction of sp³-hybridized carbons (Fsp3) is 0.156. The molecule has 2 atom stereocenters. The number of hydrogen-bond acceptors (Lipinski definition) is 5. The molecule has 3 aliphatic carbocycles. The van der Waals surface area contributed by atoms with E-state index < -0.39 is 34.0 Å². The Kier molecular flexibility index (Phi) is 5.31. The number of carbonyl (C=O) groups excluding carboxylic acids is 2. The van der Waals surface area contributed by atoms with E-state index in [1.807, 2.05) is 67.6 Å². The Morgan fingerprint density at radius 2 is 1.50 bits per heavy atom. The summed E-state index contributed by atoms with van der Waals surface area (Å²) in [6.45, 7) is 1.88. The summed E-state index contributed by atoms with van der Waals surface area (Å²) in [4.78, 5) is 46.0. The molecule has 4 aromatic carbocycles. The molecule has 0 radical (unpaired) electrons. The molecule has 196 valence electrons. The van der Waals surface area contributed by atoms with Crippen molar-refractivity contribution in [3.8, 4) is 0 Å². The number of nitrogens with zero attached hydrogens (tertiary/aromatic N) is 3. The summed E-state index contributed by atoms with van der Waals surface area (Å²) in [6.07, 6.45) is 1.80. The third kappa shape index (κ3) is 3.09. The average molecular weight is 548 g/mol. The Balaban J connectivity index is 1.52. The van der Waals surface area contributed by atoms with Crippen LogP contribution in [0.1, 0.15) is 33.7 Å². The first-order chi connectivity index (χ1) is 19.4. The van der Waals surface area contributed by atoms with Crippen LogP contribution in [0.3, 0.4) is 0 Å². The van der Waals surface area contributed by atoms with Crippen LogP contribution < -0.4 is 4.90 Å². The van der Waals surface area contributed by atoms with E-state index in [1.165, 1.54) is 18.2 Å². The maximum absolute atomic E-state index is 14.5. The van der Waals surface area contributed by atoms with Crippen molar-refractivity contribution >= 4 is 46.7 Å². The molecule has 0 saturated carbocycles. The van der Waals surface area contributed by atoms with Crippen molar-refractivity contribution in [3.63, 3.8) is 0 Å². The van der Waals surface area contributed by atoms with E-state index >= 15 is 0 Å². The molecule has 1 aliphatic heterocycles. The molecular weight excluding hydrogens is 526 g/mol. The number of halogens is 1. The summed E-state index contributed by atoms with van der Waals surface area (Å²) < 4.78 is 0. The zero-order valence-corrected chi connectivity index (χ0v) is 22.1. The van der Waals surface area contributed by atoms with Gasteiger partial charge in [-0.05, 0) is 52.9 Å². The van der Waals surface area contributed by atoms with E-state index in [9.17, 15) is 19.7 Å². The monoisotopic (exact) mass is 547 g/mol. The molecule has 0 spiro atoms. The number of anilines is 1. The minimum atomic E-state index is -1.08. The Hall–Kier alpha value is -4.62. The van der Waals surface area contributed by atoms with Crippen LogP contribution >= 0.6 is 11.6 Å². The van der Waals surface area contributed by atoms with Crippen LogP contribution in [0.15, 0.2) is 96.0 Å². The van der Waals surface area contributed by atoms with Gasteiger partial charge in [-0.15, -0.1) is 0 Å². The largest absolute Gasteiger partial charge is 0.293 e. The molecule has 40 heavy (non-hydrogen) atoms. The van der Waals surface area contributed by atoms with E-state index in [4.69, 9.17) is 16.6 Å². The van der Waals surface area contributed by atoms with Crippen LogP contribution in [0.2, 0.25) is 5.02 Å². The minimum absolute atomic E-state index is 0.0119. The lowest BCUT2D eigenvalue weighted by Crippen LogP contribution is -2.54. The van der Waals surface area contributed by atoms with Crippen molar-refractivity contribution in [2.75, 3.05) is 4.90 Å². The standard InChI is InChI=1S/C32H22ClN3O4/c1-18-23(33)13-8-14-24(18)34-17-32-21-11-4-2-9-19(21)27(20-10-3-5-12-22(20)32)28-29(32)31(38)35(30(28)37)25-15-6-7-16-26(25)36(39)40/h2-17,27-29H,1H3/t27?,28-,29+,32?/m1/s1. The highest BCUT2D eigenvalue weighted by Gasteiger charge is 2.68. The molecule has 8 heteroatoms. The van der Waals surface area contributed by atoms with Crippen molar-refractivity contribution in [2.45, 2.75) is 18.3 Å². The molecule has 7 nitrogen and oxygen atoms in total. The lowest BCUT2D eigenvalue weighted by molar-refractivity contribution is -0.384. The molecule has 4 aliphatic rings. The second-order valence-corrected chi connectivity index (χ2v) is 10.8. The van der Waals surface area contributed by atoms with E-state index in [0.717, 1.165) is 32.7 Å². The summed E-state index contributed by atoms with van der Waals surface area (Å²) in [5.41, 5.74) is 3.83. The lowest BCUT2D eigenvalue weighted by Gasteiger charge is -2.52. The van der Waals surface area contributed by atoms with Gasteiger partial charge in [0.1, 0.15) is 5.69 Å². The number of hydrogen-bond donors (Lipinski definition) is 0. The Labute approximate surface area is 234 Å². The Morgan fingerprint density at radius 1 is 0.875 bits per heavy atom. The number of carbonyl (C=O) groups is 2. The maximum Gasteiger partial charge on any atom is 0.293 e. The van der Waals surface area contributed by atoms with E-state index in [0.29, 0.717) is 10.7 Å². The molecule has 1 saturated heterocycles. The normalized spacial score (nSPS) is 24.2. The first kappa shape index (κ1) is 24.4. The molecule has 0 N–H and O–H groups in total. The fourth-order valence-electron chi connectivity index (χ4n) is 7.00. The summed E-state index contributed by atoms with van der Waals surface area (Å²) >= 11 is 6.40. The molecule has 2 bridgehead atoms. The number of nitro benzene ring substituents is 1. The minimum Gasteiger partial charge on any atom is -0.274 e. The molecule has 1 heterocycles. The van der Waals surface area contributed by atoms with Crippen LogP contribution in [0, 0.1) is 28.9 Å². The first-order valence-electron chi connectivity index (χ1n) is 13.0. The summed E-state index contributed by atoms with van der Waals surface area (Å²) in [6, 6.07) is 27.1. The molecule has 4 aromatic rings. The first-order valence-corrected chi connectivity index (χ1v) is 13.3. The zero-order chi connectivity index (χ0) is 27.8. The third-order valence-corrected chi connectivity index (χ3v) is 9.06. The number of amides is 2. The highest BCUT2D eigenvalue weighted by Crippen LogP contribution is 2.64. The van der Waals surface area contributed by atoms with Crippen molar-refractivity contribution in [2.24, 2.45) is 16.8 Å². The smallest absolute Gasteiger partial charge is 0.274 e. The number of benzene rings is 4. The fourth-order valence-corrected chi connectivity index (χ4v) is 7.17. The average Bonchev–Trinajstić information content (AvgIpc) is 3.24. The highest BCUT2D eigenvalue weighted by atomic mass is 35.5. The zero-order valence-electron chi connectivity index (χ0n) is 21.3. The quantitative estimate of drug-likeness (QED) is 0.126. The predicted octanol–water partition coefficient (Wildman–Crippen LogP) is 6.51. The van der Waals surface area contributed by atoms with Crippen LogP contribution in [-0.2, 0) is 15.0 Å². The van der Waals surface area contributed by atoms with Crippen LogP contribution in [-0.4, -0.2) is 23.0 Å². The van der Waals surface area contributed by atoms with Crippen LogP contribution in [0.25, 0.3) is 0 Å². The lowest BCUT2D eigenvalue weighted by atomic mass is 9.47. The number of imide groups is 1. The van der Waals surface area contributed by atoms with Gasteiger partial charge in [0.05, 0.1) is 27.9 Å². The van der Waals surface area contributed by atoms with Gasteiger partial charge < -0.3 is 0 Å². The molecule has 1 fully saturated rings. The van der Waals surface area contributed by atoms with Gasteiger partial charge in [0, 0.05) is 23.2 Å². The summed E-state index contributed by atoms with van der Waals surface area (Å²) in [5, 5.41) is 12.5. The topological polar surface area (TPSA) is 92.9 Å². The van der Waals surface area contributed by atoms with Crippen molar-refractivity contribution in [3.05, 3.63) is 134 Å². The number of rotatable bonds is 4. The van der Waals surface area contributed by atoms with E-state index in [-0.39, 0.29) is 17.3 Å². The predicted molar refractivity (Wildman–Crippen MR) is 152 cm³/mol. The van der Waals surface area contributed by atoms with Crippen molar-refractivity contribution < 1.29 is 14.5 Å². The third-order valence-electron chi connectivity index (χ3n) is 8.65. The van der Waals surface area contributed by atoms with Crippen LogP contribution in [0.5, 0.6) is 0 Å². The van der Waals surface area contributed by atoms with E-state index in [1.54, 1.807) is 18.3 Å². The van der Waals surface area contributed by atoms with Gasteiger partial charge in [0.25, 0.3) is 5.69 Å². The highest BCUT2D eigenvalue weighted by molar-refractivity contribution is 6.31. The van der Waals surface area contributed by atoms with Gasteiger partial charge in [-0.2, -0.15) is 0 Å². The van der Waals surface area contributed by atoms with Gasteiger partial charge in [0.2, 0.25) is 11.8 Å². The second kappa shape index (κ2) is 8.69. The van der Waals surface area contributed by atoms with Gasteiger partial charge in [-0.25, -0.2) is 4.90 Å². The van der Waals surface area contributed by atoms with E-state index in [2.05, 4.69) is 0 Å². The molecular formula is C32H22ClN3O4. The maximum atomic E-state index is 14.5. The number of aliphatic imine (C=N–C) groups is 1. The Bertz CT molecular complexity index is 1750. The molecule has 2 amide bonds.